The molecule has 0 fully saturated rings. The van der Waals surface area contributed by atoms with Crippen LogP contribution < -0.4 is 0 Å². The van der Waals surface area contributed by atoms with E-state index in [0.29, 0.717) is 0 Å². The van der Waals surface area contributed by atoms with Gasteiger partial charge in [-0.05, 0) is 34.6 Å². The van der Waals surface area contributed by atoms with Crippen LogP contribution in [0.15, 0.2) is 0 Å². The molecule has 0 saturated heterocycles. The molecule has 0 spiro atoms. The first-order chi connectivity index (χ1) is 15.4. The summed E-state index contributed by atoms with van der Waals surface area (Å²) in [7, 11) is -6.28. The summed E-state index contributed by atoms with van der Waals surface area (Å²) in [5.74, 6) is -28.6. The van der Waals surface area contributed by atoms with E-state index in [2.05, 4.69) is 13.3 Å². The van der Waals surface area contributed by atoms with Gasteiger partial charge in [-0.15, -0.1) is 0 Å². The summed E-state index contributed by atoms with van der Waals surface area (Å²) >= 11 is 0. The smallest absolute Gasteiger partial charge is 0.394 e. The molecule has 0 aliphatic rings. The summed E-state index contributed by atoms with van der Waals surface area (Å²) in [6, 6.07) is 0. The molecular weight excluding hydrogens is 543 g/mol. The van der Waals surface area contributed by atoms with Gasteiger partial charge in [0, 0.05) is 38.8 Å². The second-order valence-corrected chi connectivity index (χ2v) is 9.67. The van der Waals surface area contributed by atoms with E-state index in [0.717, 1.165) is 20.8 Å². The summed E-state index contributed by atoms with van der Waals surface area (Å²) in [6.07, 6.45) is -11.6. The van der Waals surface area contributed by atoms with Crippen molar-refractivity contribution < 1.29 is 75.5 Å². The van der Waals surface area contributed by atoms with Gasteiger partial charge in [0.15, 0.2) is 0 Å². The van der Waals surface area contributed by atoms with Crippen molar-refractivity contribution >= 4 is 8.80 Å². The molecule has 0 atom stereocenters. The first-order valence-corrected chi connectivity index (χ1v) is 11.7. The number of rotatable bonds is 13. The average Bonchev–Trinajstić information content (AvgIpc) is 2.65. The van der Waals surface area contributed by atoms with Crippen LogP contribution in [0.3, 0.4) is 0 Å². The molecule has 214 valence electrons. The van der Waals surface area contributed by atoms with Crippen molar-refractivity contribution in [3.8, 4) is 0 Å². The molecule has 0 saturated carbocycles. The molecular formula is C17H27F13O4Si. The molecule has 0 radical (unpaired) electrons. The Bertz CT molecular complexity index is 608. The Labute approximate surface area is 194 Å². The molecule has 35 heavy (non-hydrogen) atoms. The standard InChI is InChI=1S/C14H19F13O3Si.C3H8O/c1-4-28-31(29-5-2,30-6-3)14(26,27)13(24,25)12(22,23)11(20,21)9(15,16)7-8-10(17,18)19;1-3(2)4/h4-8H2,1-3H3;3-4H,1-2H3. The monoisotopic (exact) mass is 570 g/mol. The predicted octanol–water partition coefficient (Wildman–Crippen LogP) is 6.48. The Morgan fingerprint density at radius 2 is 0.914 bits per heavy atom. The van der Waals surface area contributed by atoms with E-state index in [1.54, 1.807) is 13.8 Å². The van der Waals surface area contributed by atoms with Gasteiger partial charge in [0.2, 0.25) is 0 Å². The molecule has 4 nitrogen and oxygen atoms in total. The van der Waals surface area contributed by atoms with E-state index in [1.807, 2.05) is 0 Å². The van der Waals surface area contributed by atoms with Crippen molar-refractivity contribution in [2.45, 2.75) is 89.0 Å². The maximum atomic E-state index is 14.6. The molecule has 0 aliphatic heterocycles. The Kier molecular flexibility index (Phi) is 13.1. The summed E-state index contributed by atoms with van der Waals surface area (Å²) in [4.78, 5) is 0. The third kappa shape index (κ3) is 8.06. The Morgan fingerprint density at radius 1 is 0.600 bits per heavy atom. The van der Waals surface area contributed by atoms with Gasteiger partial charge >= 0.3 is 44.2 Å². The van der Waals surface area contributed by atoms with E-state index < -0.39 is 76.9 Å². The topological polar surface area (TPSA) is 47.9 Å². The van der Waals surface area contributed by atoms with Crippen molar-refractivity contribution in [3.63, 3.8) is 0 Å². The quantitative estimate of drug-likeness (QED) is 0.204. The summed E-state index contributed by atoms with van der Waals surface area (Å²) < 4.78 is 189. The molecule has 0 aromatic heterocycles. The van der Waals surface area contributed by atoms with E-state index >= 15 is 0 Å². The molecule has 0 unspecified atom stereocenters. The lowest BCUT2D eigenvalue weighted by molar-refractivity contribution is -0.397. The number of aliphatic hydroxyl groups excluding tert-OH is 1. The maximum absolute atomic E-state index is 14.6. The lowest BCUT2D eigenvalue weighted by Gasteiger charge is -2.43. The number of aliphatic hydroxyl groups is 1. The normalized spacial score (nSPS) is 14.7. The third-order valence-corrected chi connectivity index (χ3v) is 6.84. The van der Waals surface area contributed by atoms with Gasteiger partial charge in [-0.25, -0.2) is 0 Å². The van der Waals surface area contributed by atoms with Crippen LogP contribution in [0.25, 0.3) is 0 Å². The first-order valence-electron chi connectivity index (χ1n) is 9.93. The van der Waals surface area contributed by atoms with Crippen molar-refractivity contribution in [3.05, 3.63) is 0 Å². The first kappa shape index (κ1) is 36.3. The van der Waals surface area contributed by atoms with Crippen molar-refractivity contribution in [1.82, 2.24) is 0 Å². The van der Waals surface area contributed by atoms with Crippen LogP contribution in [0.1, 0.15) is 47.5 Å². The molecule has 18 heteroatoms. The van der Waals surface area contributed by atoms with Crippen molar-refractivity contribution in [2.24, 2.45) is 0 Å². The van der Waals surface area contributed by atoms with Gasteiger partial charge in [0.1, 0.15) is 0 Å². The highest BCUT2D eigenvalue weighted by atomic mass is 28.4. The third-order valence-electron chi connectivity index (χ3n) is 3.75. The van der Waals surface area contributed by atoms with Crippen molar-refractivity contribution in [1.29, 1.82) is 0 Å². The van der Waals surface area contributed by atoms with Crippen LogP contribution in [0, 0.1) is 0 Å². The summed E-state index contributed by atoms with van der Waals surface area (Å²) in [5.41, 5.74) is -6.39. The lowest BCUT2D eigenvalue weighted by atomic mass is 9.95. The molecule has 0 bridgehead atoms. The molecule has 0 heterocycles. The van der Waals surface area contributed by atoms with Gasteiger partial charge in [-0.1, -0.05) is 0 Å². The zero-order valence-corrected chi connectivity index (χ0v) is 20.2. The number of hydrogen-bond acceptors (Lipinski definition) is 4. The minimum atomic E-state index is -7.55. The minimum absolute atomic E-state index is 0.167. The van der Waals surface area contributed by atoms with Crippen LogP contribution >= 0.6 is 0 Å². The van der Waals surface area contributed by atoms with E-state index in [1.165, 1.54) is 0 Å². The highest BCUT2D eigenvalue weighted by molar-refractivity contribution is 6.63. The van der Waals surface area contributed by atoms with Crippen LogP contribution in [-0.2, 0) is 13.3 Å². The average molecular weight is 570 g/mol. The van der Waals surface area contributed by atoms with Crippen LogP contribution in [-0.4, -0.2) is 75.2 Å². The number of alkyl halides is 13. The lowest BCUT2D eigenvalue weighted by Crippen LogP contribution is -2.76. The molecule has 0 aromatic carbocycles. The van der Waals surface area contributed by atoms with Gasteiger partial charge < -0.3 is 18.4 Å². The fraction of sp³-hybridized carbons (Fsp3) is 1.00. The second-order valence-electron chi connectivity index (χ2n) is 7.07. The zero-order chi connectivity index (χ0) is 28.7. The molecule has 0 aromatic rings. The van der Waals surface area contributed by atoms with Gasteiger partial charge in [-0.3, -0.25) is 0 Å². The predicted molar refractivity (Wildman–Crippen MR) is 98.0 cm³/mol. The van der Waals surface area contributed by atoms with Crippen LogP contribution in [0.5, 0.6) is 0 Å². The maximum Gasteiger partial charge on any atom is 0.582 e. The minimum Gasteiger partial charge on any atom is -0.394 e. The van der Waals surface area contributed by atoms with Crippen LogP contribution in [0.4, 0.5) is 57.1 Å². The summed E-state index contributed by atoms with van der Waals surface area (Å²) in [5, 5.41) is 8.06. The van der Waals surface area contributed by atoms with E-state index in [4.69, 9.17) is 5.11 Å². The van der Waals surface area contributed by atoms with Crippen LogP contribution in [0.2, 0.25) is 0 Å². The SMILES string of the molecule is CC(C)O.CCO[Si](OCC)(OCC)C(F)(F)C(F)(F)C(F)(F)C(F)(F)C(F)(F)CCC(F)(F)F. The van der Waals surface area contributed by atoms with E-state index in [-0.39, 0.29) is 6.10 Å². The highest BCUT2D eigenvalue weighted by Gasteiger charge is 2.91. The molecule has 0 aliphatic carbocycles. The fourth-order valence-corrected chi connectivity index (χ4v) is 4.71. The summed E-state index contributed by atoms with van der Waals surface area (Å²) in [6.45, 7) is 3.43. The molecule has 0 amide bonds. The van der Waals surface area contributed by atoms with Gasteiger partial charge in [0.05, 0.1) is 0 Å². The van der Waals surface area contributed by atoms with E-state index in [9.17, 15) is 57.1 Å². The zero-order valence-electron chi connectivity index (χ0n) is 19.2. The Hall–Kier alpha value is -0.853. The highest BCUT2D eigenvalue weighted by Crippen LogP contribution is 2.60. The Morgan fingerprint density at radius 3 is 1.17 bits per heavy atom. The Balaban J connectivity index is 0. The van der Waals surface area contributed by atoms with Gasteiger partial charge in [0.25, 0.3) is 0 Å². The molecule has 1 N–H and O–H groups in total. The molecule has 0 rings (SSSR count). The van der Waals surface area contributed by atoms with Crippen molar-refractivity contribution in [2.75, 3.05) is 19.8 Å². The number of hydrogen-bond donors (Lipinski definition) is 1. The second kappa shape index (κ2) is 12.6. The van der Waals surface area contributed by atoms with Gasteiger partial charge in [-0.2, -0.15) is 57.1 Å². The number of halogens is 13. The largest absolute Gasteiger partial charge is 0.582 e. The fourth-order valence-electron chi connectivity index (χ4n) is 2.24.